The summed E-state index contributed by atoms with van der Waals surface area (Å²) in [5, 5.41) is 2.64. The summed E-state index contributed by atoms with van der Waals surface area (Å²) in [5.41, 5.74) is 0.428. The Labute approximate surface area is 116 Å². The maximum atomic E-state index is 11.5. The lowest BCUT2D eigenvalue weighted by Gasteiger charge is -2.35. The molecule has 0 heterocycles. The van der Waals surface area contributed by atoms with E-state index in [-0.39, 0.29) is 6.10 Å². The Bertz CT molecular complexity index is 303. The van der Waals surface area contributed by atoms with Crippen molar-refractivity contribution in [3.8, 4) is 0 Å². The van der Waals surface area contributed by atoms with Crippen molar-refractivity contribution in [3.05, 3.63) is 0 Å². The van der Waals surface area contributed by atoms with Crippen LogP contribution in [0.1, 0.15) is 59.8 Å². The lowest BCUT2D eigenvalue weighted by atomic mass is 9.72. The van der Waals surface area contributed by atoms with Gasteiger partial charge in [0.15, 0.2) is 0 Å². The van der Waals surface area contributed by atoms with Crippen LogP contribution in [0.4, 0.5) is 4.79 Å². The zero-order chi connectivity index (χ0) is 14.5. The molecule has 19 heavy (non-hydrogen) atoms. The van der Waals surface area contributed by atoms with Gasteiger partial charge in [-0.1, -0.05) is 13.8 Å². The zero-order valence-electron chi connectivity index (χ0n) is 12.6. The summed E-state index contributed by atoms with van der Waals surface area (Å²) >= 11 is 0. The van der Waals surface area contributed by atoms with Crippen molar-refractivity contribution < 1.29 is 14.3 Å². The average molecular weight is 269 g/mol. The largest absolute Gasteiger partial charge is 0.447 e. The minimum Gasteiger partial charge on any atom is -0.447 e. The van der Waals surface area contributed by atoms with Gasteiger partial charge >= 0.3 is 6.09 Å². The van der Waals surface area contributed by atoms with Crippen molar-refractivity contribution in [1.82, 2.24) is 5.32 Å². The topological polar surface area (TPSA) is 55.4 Å². The van der Waals surface area contributed by atoms with E-state index in [1.54, 1.807) is 13.8 Å². The fourth-order valence-corrected chi connectivity index (χ4v) is 2.60. The minimum atomic E-state index is -0.497. The summed E-state index contributed by atoms with van der Waals surface area (Å²) in [6.07, 6.45) is 5.55. The number of ether oxygens (including phenoxy) is 1. The van der Waals surface area contributed by atoms with Gasteiger partial charge in [0.1, 0.15) is 6.29 Å². The Morgan fingerprint density at radius 2 is 1.95 bits per heavy atom. The molecule has 110 valence electrons. The molecule has 1 rings (SSSR count). The SMILES string of the molecule is CC(C)OC(=O)NC(C=O)CC1CCC(C)(C)CC1. The van der Waals surface area contributed by atoms with Crippen LogP contribution in [0.25, 0.3) is 0 Å². The predicted octanol–water partition coefficient (Wildman–Crippen LogP) is 3.30. The molecule has 1 saturated carbocycles. The van der Waals surface area contributed by atoms with Crippen molar-refractivity contribution >= 4 is 12.4 Å². The molecule has 1 amide bonds. The van der Waals surface area contributed by atoms with Crippen molar-refractivity contribution in [2.45, 2.75) is 71.9 Å². The average Bonchev–Trinajstić information content (AvgIpc) is 2.29. The third-order valence-electron chi connectivity index (χ3n) is 3.86. The highest BCUT2D eigenvalue weighted by Crippen LogP contribution is 2.39. The predicted molar refractivity (Wildman–Crippen MR) is 75.0 cm³/mol. The van der Waals surface area contributed by atoms with E-state index in [0.29, 0.717) is 11.3 Å². The Balaban J connectivity index is 2.36. The number of carbonyl (C=O) groups excluding carboxylic acids is 2. The summed E-state index contributed by atoms with van der Waals surface area (Å²) in [6, 6.07) is -0.419. The fraction of sp³-hybridized carbons (Fsp3) is 0.867. The van der Waals surface area contributed by atoms with Crippen LogP contribution >= 0.6 is 0 Å². The van der Waals surface area contributed by atoms with Crippen LogP contribution in [0.2, 0.25) is 0 Å². The first-order valence-electron chi connectivity index (χ1n) is 7.25. The second kappa shape index (κ2) is 6.92. The lowest BCUT2D eigenvalue weighted by Crippen LogP contribution is -2.39. The summed E-state index contributed by atoms with van der Waals surface area (Å²) < 4.78 is 5.00. The number of alkyl carbamates (subject to hydrolysis) is 1. The van der Waals surface area contributed by atoms with Crippen molar-refractivity contribution in [3.63, 3.8) is 0 Å². The van der Waals surface area contributed by atoms with Gasteiger partial charge in [-0.2, -0.15) is 0 Å². The van der Waals surface area contributed by atoms with Gasteiger partial charge in [0.2, 0.25) is 0 Å². The molecule has 1 aliphatic carbocycles. The number of rotatable bonds is 5. The molecule has 0 aromatic heterocycles. The van der Waals surface area contributed by atoms with Crippen molar-refractivity contribution in [2.24, 2.45) is 11.3 Å². The second-order valence-electron chi connectivity index (χ2n) is 6.68. The van der Waals surface area contributed by atoms with Crippen molar-refractivity contribution in [1.29, 1.82) is 0 Å². The van der Waals surface area contributed by atoms with Gasteiger partial charge in [0.25, 0.3) is 0 Å². The molecular formula is C15H27NO3. The summed E-state index contributed by atoms with van der Waals surface area (Å²) in [7, 11) is 0. The monoisotopic (exact) mass is 269 g/mol. The van der Waals surface area contributed by atoms with E-state index in [0.717, 1.165) is 25.5 Å². The molecule has 4 heteroatoms. The maximum Gasteiger partial charge on any atom is 0.407 e. The first-order chi connectivity index (χ1) is 8.82. The third-order valence-corrected chi connectivity index (χ3v) is 3.86. The van der Waals surface area contributed by atoms with Crippen LogP contribution in [0.3, 0.4) is 0 Å². The van der Waals surface area contributed by atoms with Crippen LogP contribution < -0.4 is 5.32 Å². The van der Waals surface area contributed by atoms with Gasteiger partial charge in [0.05, 0.1) is 12.1 Å². The van der Waals surface area contributed by atoms with E-state index in [1.165, 1.54) is 12.8 Å². The summed E-state index contributed by atoms with van der Waals surface area (Å²) in [4.78, 5) is 22.5. The molecule has 0 aromatic rings. The molecule has 1 unspecified atom stereocenters. The molecule has 1 atom stereocenters. The Hall–Kier alpha value is -1.06. The van der Waals surface area contributed by atoms with Crippen LogP contribution in [-0.4, -0.2) is 24.5 Å². The smallest absolute Gasteiger partial charge is 0.407 e. The van der Waals surface area contributed by atoms with Crippen LogP contribution in [0.15, 0.2) is 0 Å². The molecular weight excluding hydrogens is 242 g/mol. The van der Waals surface area contributed by atoms with E-state index in [4.69, 9.17) is 4.74 Å². The maximum absolute atomic E-state index is 11.5. The third kappa shape index (κ3) is 6.08. The fourth-order valence-electron chi connectivity index (χ4n) is 2.60. The molecule has 0 saturated heterocycles. The Morgan fingerprint density at radius 3 is 2.42 bits per heavy atom. The number of carbonyl (C=O) groups is 2. The first-order valence-corrected chi connectivity index (χ1v) is 7.25. The van der Waals surface area contributed by atoms with Gasteiger partial charge < -0.3 is 14.8 Å². The molecule has 1 aliphatic rings. The highest BCUT2D eigenvalue weighted by molar-refractivity contribution is 5.73. The van der Waals surface area contributed by atoms with Gasteiger partial charge in [-0.05, 0) is 57.3 Å². The Kier molecular flexibility index (Phi) is 5.83. The van der Waals surface area contributed by atoms with Crippen molar-refractivity contribution in [2.75, 3.05) is 0 Å². The molecule has 0 aromatic carbocycles. The molecule has 0 radical (unpaired) electrons. The normalized spacial score (nSPS) is 20.9. The van der Waals surface area contributed by atoms with Gasteiger partial charge in [-0.15, -0.1) is 0 Å². The molecule has 1 N–H and O–H groups in total. The van der Waals surface area contributed by atoms with Gasteiger partial charge in [-0.3, -0.25) is 0 Å². The molecule has 0 bridgehead atoms. The number of aldehydes is 1. The van der Waals surface area contributed by atoms with Crippen LogP contribution in [-0.2, 0) is 9.53 Å². The lowest BCUT2D eigenvalue weighted by molar-refractivity contribution is -0.110. The van der Waals surface area contributed by atoms with Crippen LogP contribution in [0, 0.1) is 11.3 Å². The van der Waals surface area contributed by atoms with Crippen LogP contribution in [0.5, 0.6) is 0 Å². The molecule has 0 spiro atoms. The number of hydrogen-bond donors (Lipinski definition) is 1. The highest BCUT2D eigenvalue weighted by atomic mass is 16.6. The number of amides is 1. The van der Waals surface area contributed by atoms with E-state index in [2.05, 4.69) is 19.2 Å². The number of nitrogens with one attached hydrogen (secondary N) is 1. The molecule has 4 nitrogen and oxygen atoms in total. The standard InChI is InChI=1S/C15H27NO3/c1-11(2)19-14(18)16-13(10-17)9-12-5-7-15(3,4)8-6-12/h10-13H,5-9H2,1-4H3,(H,16,18). The number of hydrogen-bond acceptors (Lipinski definition) is 3. The second-order valence-corrected chi connectivity index (χ2v) is 6.68. The van der Waals surface area contributed by atoms with Gasteiger partial charge in [0, 0.05) is 0 Å². The molecule has 1 fully saturated rings. The van der Waals surface area contributed by atoms with E-state index < -0.39 is 12.1 Å². The van der Waals surface area contributed by atoms with Gasteiger partial charge in [-0.25, -0.2) is 4.79 Å². The first kappa shape index (κ1) is 16.0. The summed E-state index contributed by atoms with van der Waals surface area (Å²) in [6.45, 7) is 8.16. The minimum absolute atomic E-state index is 0.164. The van der Waals surface area contributed by atoms with E-state index >= 15 is 0 Å². The summed E-state index contributed by atoms with van der Waals surface area (Å²) in [5.74, 6) is 0.530. The van der Waals surface area contributed by atoms with E-state index in [9.17, 15) is 9.59 Å². The highest BCUT2D eigenvalue weighted by Gasteiger charge is 2.28. The Morgan fingerprint density at radius 1 is 1.37 bits per heavy atom. The molecule has 0 aliphatic heterocycles. The van der Waals surface area contributed by atoms with E-state index in [1.807, 2.05) is 0 Å². The quantitative estimate of drug-likeness (QED) is 0.779. The zero-order valence-corrected chi connectivity index (χ0v) is 12.6.